The molecule has 3 nitrogen and oxygen atoms in total. The summed E-state index contributed by atoms with van der Waals surface area (Å²) in [6, 6.07) is 6.70. The van der Waals surface area contributed by atoms with Gasteiger partial charge in [0.05, 0.1) is 0 Å². The lowest BCUT2D eigenvalue weighted by molar-refractivity contribution is 0.410. The highest BCUT2D eigenvalue weighted by Crippen LogP contribution is 2.23. The number of hydrogen-bond donors (Lipinski definition) is 1. The Labute approximate surface area is 73.1 Å². The summed E-state index contributed by atoms with van der Waals surface area (Å²) in [4.78, 5) is 8.39. The first kappa shape index (κ1) is 8.78. The molecule has 0 aliphatic carbocycles. The van der Waals surface area contributed by atoms with Crippen molar-refractivity contribution in [2.75, 3.05) is 0 Å². The molecule has 0 saturated heterocycles. The maximum Gasteiger partial charge on any atom is 0.365 e. The van der Waals surface area contributed by atoms with E-state index in [0.717, 1.165) is 4.47 Å². The fourth-order valence-corrected chi connectivity index (χ4v) is 1.21. The lowest BCUT2D eigenvalue weighted by Crippen LogP contribution is -1.78. The molecule has 0 aliphatic rings. The van der Waals surface area contributed by atoms with Gasteiger partial charge in [-0.2, -0.15) is 0 Å². The second-order valence-electron chi connectivity index (χ2n) is 1.82. The fourth-order valence-electron chi connectivity index (χ4n) is 0.603. The first-order valence-corrected chi connectivity index (χ1v) is 4.90. The van der Waals surface area contributed by atoms with E-state index in [9.17, 15) is 4.57 Å². The molecule has 1 N–H and O–H groups in total. The maximum absolute atomic E-state index is 10.2. The van der Waals surface area contributed by atoms with Crippen LogP contribution >= 0.6 is 24.2 Å². The van der Waals surface area contributed by atoms with E-state index in [4.69, 9.17) is 4.89 Å². The van der Waals surface area contributed by atoms with E-state index < -0.39 is 8.25 Å². The van der Waals surface area contributed by atoms with Crippen molar-refractivity contribution in [1.82, 2.24) is 0 Å². The predicted molar refractivity (Wildman–Crippen MR) is 46.0 cm³/mol. The zero-order valence-electron chi connectivity index (χ0n) is 5.45. The van der Waals surface area contributed by atoms with Crippen LogP contribution in [0.15, 0.2) is 28.7 Å². The normalized spacial score (nSPS) is 12.5. The van der Waals surface area contributed by atoms with Gasteiger partial charge in [0, 0.05) is 4.47 Å². The third kappa shape index (κ3) is 3.06. The summed E-state index contributed by atoms with van der Waals surface area (Å²) in [7, 11) is -2.86. The van der Waals surface area contributed by atoms with Crippen LogP contribution < -0.4 is 4.52 Å². The van der Waals surface area contributed by atoms with Crippen molar-refractivity contribution in [2.24, 2.45) is 0 Å². The Kier molecular flexibility index (Phi) is 3.12. The summed E-state index contributed by atoms with van der Waals surface area (Å²) < 4.78 is 15.7. The SMILES string of the molecule is O=[PH](O)Oc1ccc(Br)cc1. The molecular formula is C6H6BrO3P. The highest BCUT2D eigenvalue weighted by atomic mass is 79.9. The molecule has 1 rings (SSSR count). The van der Waals surface area contributed by atoms with Crippen LogP contribution in [-0.2, 0) is 4.57 Å². The summed E-state index contributed by atoms with van der Waals surface area (Å²) in [5, 5.41) is 0. The van der Waals surface area contributed by atoms with Crippen LogP contribution in [0.5, 0.6) is 5.75 Å². The van der Waals surface area contributed by atoms with Crippen molar-refractivity contribution in [3.8, 4) is 5.75 Å². The summed E-state index contributed by atoms with van der Waals surface area (Å²) in [5.74, 6) is 0.402. The first-order chi connectivity index (χ1) is 5.18. The number of rotatable bonds is 2. The minimum Gasteiger partial charge on any atom is -0.426 e. The summed E-state index contributed by atoms with van der Waals surface area (Å²) >= 11 is 3.22. The molecule has 0 saturated carbocycles. The third-order valence-electron chi connectivity index (χ3n) is 1.02. The van der Waals surface area contributed by atoms with Gasteiger partial charge in [-0.3, -0.25) is 0 Å². The smallest absolute Gasteiger partial charge is 0.365 e. The van der Waals surface area contributed by atoms with Crippen molar-refractivity contribution in [3.05, 3.63) is 28.7 Å². The van der Waals surface area contributed by atoms with Gasteiger partial charge < -0.3 is 9.42 Å². The van der Waals surface area contributed by atoms with Crippen molar-refractivity contribution in [3.63, 3.8) is 0 Å². The minimum atomic E-state index is -2.86. The van der Waals surface area contributed by atoms with E-state index in [1.54, 1.807) is 24.3 Å². The average Bonchev–Trinajstić information content (AvgIpc) is 1.93. The quantitative estimate of drug-likeness (QED) is 0.802. The Balaban J connectivity index is 2.74. The van der Waals surface area contributed by atoms with Gasteiger partial charge in [-0.1, -0.05) is 15.9 Å². The van der Waals surface area contributed by atoms with E-state index >= 15 is 0 Å². The Hall–Kier alpha value is -0.310. The number of benzene rings is 1. The van der Waals surface area contributed by atoms with E-state index in [1.807, 2.05) is 0 Å². The molecule has 5 heteroatoms. The average molecular weight is 237 g/mol. The van der Waals surface area contributed by atoms with Crippen LogP contribution in [0, 0.1) is 0 Å². The van der Waals surface area contributed by atoms with E-state index in [2.05, 4.69) is 20.5 Å². The summed E-state index contributed by atoms with van der Waals surface area (Å²) in [5.41, 5.74) is 0. The molecule has 0 fully saturated rings. The van der Waals surface area contributed by atoms with Gasteiger partial charge in [-0.15, -0.1) is 0 Å². The highest BCUT2D eigenvalue weighted by molar-refractivity contribution is 9.10. The highest BCUT2D eigenvalue weighted by Gasteiger charge is 1.94. The van der Waals surface area contributed by atoms with Crippen LogP contribution in [0.25, 0.3) is 0 Å². The van der Waals surface area contributed by atoms with Crippen LogP contribution in [-0.4, -0.2) is 4.89 Å². The fraction of sp³-hybridized carbons (Fsp3) is 0. The largest absolute Gasteiger partial charge is 0.426 e. The second kappa shape index (κ2) is 3.90. The zero-order valence-corrected chi connectivity index (χ0v) is 8.04. The standard InChI is InChI=1S/C6H6BrO3P/c7-5-1-3-6(4-2-5)10-11(8)9/h1-4,11H,(H,8,9). The molecule has 0 aromatic heterocycles. The molecule has 0 radical (unpaired) electrons. The lowest BCUT2D eigenvalue weighted by atomic mass is 10.3. The summed E-state index contributed by atoms with van der Waals surface area (Å²) in [6.07, 6.45) is 0. The topological polar surface area (TPSA) is 46.5 Å². The number of halogens is 1. The molecule has 0 heterocycles. The van der Waals surface area contributed by atoms with E-state index in [-0.39, 0.29) is 0 Å². The molecule has 1 atom stereocenters. The Morgan fingerprint density at radius 1 is 1.36 bits per heavy atom. The van der Waals surface area contributed by atoms with Gasteiger partial charge in [0.15, 0.2) is 0 Å². The Morgan fingerprint density at radius 2 is 1.91 bits per heavy atom. The minimum absolute atomic E-state index is 0.402. The van der Waals surface area contributed by atoms with Crippen LogP contribution in [0.2, 0.25) is 0 Å². The van der Waals surface area contributed by atoms with Crippen LogP contribution in [0.3, 0.4) is 0 Å². The molecule has 0 bridgehead atoms. The van der Waals surface area contributed by atoms with Crippen molar-refractivity contribution in [2.45, 2.75) is 0 Å². The maximum atomic E-state index is 10.2. The molecule has 1 aromatic rings. The lowest BCUT2D eigenvalue weighted by Gasteiger charge is -1.99. The van der Waals surface area contributed by atoms with Gasteiger partial charge in [0.2, 0.25) is 0 Å². The first-order valence-electron chi connectivity index (χ1n) is 2.85. The summed E-state index contributed by atoms with van der Waals surface area (Å²) in [6.45, 7) is 0. The monoisotopic (exact) mass is 236 g/mol. The molecule has 60 valence electrons. The van der Waals surface area contributed by atoms with E-state index in [1.165, 1.54) is 0 Å². The number of hydrogen-bond acceptors (Lipinski definition) is 2. The molecule has 0 aliphatic heterocycles. The molecule has 11 heavy (non-hydrogen) atoms. The van der Waals surface area contributed by atoms with Crippen molar-refractivity contribution >= 4 is 24.2 Å². The van der Waals surface area contributed by atoms with Gasteiger partial charge in [0.1, 0.15) is 5.75 Å². The third-order valence-corrected chi connectivity index (χ3v) is 1.96. The van der Waals surface area contributed by atoms with Crippen LogP contribution in [0.1, 0.15) is 0 Å². The van der Waals surface area contributed by atoms with Gasteiger partial charge in [-0.25, -0.2) is 4.57 Å². The van der Waals surface area contributed by atoms with Crippen LogP contribution in [0.4, 0.5) is 0 Å². The van der Waals surface area contributed by atoms with Gasteiger partial charge >= 0.3 is 8.25 Å². The Morgan fingerprint density at radius 3 is 2.36 bits per heavy atom. The molecule has 0 spiro atoms. The predicted octanol–water partition coefficient (Wildman–Crippen LogP) is 2.21. The molecule has 0 amide bonds. The van der Waals surface area contributed by atoms with Crippen molar-refractivity contribution in [1.29, 1.82) is 0 Å². The molecule has 1 unspecified atom stereocenters. The van der Waals surface area contributed by atoms with Gasteiger partial charge in [0.25, 0.3) is 0 Å². The van der Waals surface area contributed by atoms with E-state index in [0.29, 0.717) is 5.75 Å². The van der Waals surface area contributed by atoms with Crippen molar-refractivity contribution < 1.29 is 14.0 Å². The zero-order chi connectivity index (χ0) is 8.27. The Bertz CT molecular complexity index is 259. The molecular weight excluding hydrogens is 231 g/mol. The molecule has 1 aromatic carbocycles. The second-order valence-corrected chi connectivity index (χ2v) is 3.47. The van der Waals surface area contributed by atoms with Gasteiger partial charge in [-0.05, 0) is 24.3 Å².